The van der Waals surface area contributed by atoms with Crippen LogP contribution in [0.3, 0.4) is 0 Å². The molecule has 0 radical (unpaired) electrons. The summed E-state index contributed by atoms with van der Waals surface area (Å²) in [5, 5.41) is 0.492. The lowest BCUT2D eigenvalue weighted by Crippen LogP contribution is -2.37. The molecule has 1 atom stereocenters. The summed E-state index contributed by atoms with van der Waals surface area (Å²) in [6, 6.07) is 12.8. The van der Waals surface area contributed by atoms with E-state index < -0.39 is 0 Å². The van der Waals surface area contributed by atoms with E-state index in [4.69, 9.17) is 26.4 Å². The van der Waals surface area contributed by atoms with Crippen LogP contribution in [0.2, 0.25) is 0 Å². The topological polar surface area (TPSA) is 85.8 Å². The van der Waals surface area contributed by atoms with Crippen LogP contribution in [0.25, 0.3) is 10.9 Å². The number of nitrogens with one attached hydrogen (secondary N) is 1. The third kappa shape index (κ3) is 5.98. The fourth-order valence-electron chi connectivity index (χ4n) is 4.38. The SMILES string of the molecule is COCCCn1c(=S)[nH]c2cc(C(=O)N(Cc3cccc(OC)c3)CC3CCCO3)ccc2c1=O. The lowest BCUT2D eigenvalue weighted by Gasteiger charge is -2.26. The maximum absolute atomic E-state index is 13.6. The molecular weight excluding hydrogens is 466 g/mol. The number of H-pyrrole nitrogens is 1. The molecule has 0 aliphatic carbocycles. The van der Waals surface area contributed by atoms with Crippen LogP contribution in [0.1, 0.15) is 35.2 Å². The fraction of sp³-hybridized carbons (Fsp3) is 0.423. The Bertz CT molecular complexity index is 1300. The molecule has 1 fully saturated rings. The molecule has 9 heteroatoms. The summed E-state index contributed by atoms with van der Waals surface area (Å²) >= 11 is 5.43. The first-order valence-electron chi connectivity index (χ1n) is 11.8. The second-order valence-corrected chi connectivity index (χ2v) is 9.05. The number of nitrogens with zero attached hydrogens (tertiary/aromatic N) is 2. The molecule has 35 heavy (non-hydrogen) atoms. The average Bonchev–Trinajstić information content (AvgIpc) is 3.38. The molecule has 8 nitrogen and oxygen atoms in total. The van der Waals surface area contributed by atoms with Crippen molar-refractivity contribution in [2.45, 2.75) is 38.5 Å². The van der Waals surface area contributed by atoms with Gasteiger partial charge in [-0.15, -0.1) is 0 Å². The Labute approximate surface area is 209 Å². The van der Waals surface area contributed by atoms with Crippen LogP contribution in [-0.2, 0) is 22.6 Å². The van der Waals surface area contributed by atoms with Crippen LogP contribution in [0.5, 0.6) is 5.75 Å². The number of carbonyl (C=O) groups is 1. The first kappa shape index (κ1) is 25.1. The van der Waals surface area contributed by atoms with Gasteiger partial charge in [0.25, 0.3) is 11.5 Å². The molecule has 1 aliphatic heterocycles. The smallest absolute Gasteiger partial charge is 0.262 e. The van der Waals surface area contributed by atoms with E-state index in [1.54, 1.807) is 37.3 Å². The van der Waals surface area contributed by atoms with Crippen molar-refractivity contribution in [2.75, 3.05) is 34.0 Å². The summed E-state index contributed by atoms with van der Waals surface area (Å²) in [6.45, 7) is 2.64. The van der Waals surface area contributed by atoms with Crippen LogP contribution in [0, 0.1) is 4.77 Å². The third-order valence-electron chi connectivity index (χ3n) is 6.20. The zero-order chi connectivity index (χ0) is 24.8. The Morgan fingerprint density at radius 2 is 2.11 bits per heavy atom. The van der Waals surface area contributed by atoms with E-state index in [2.05, 4.69) is 4.98 Å². The van der Waals surface area contributed by atoms with Crippen molar-refractivity contribution >= 4 is 29.0 Å². The Morgan fingerprint density at radius 3 is 2.86 bits per heavy atom. The summed E-state index contributed by atoms with van der Waals surface area (Å²) in [4.78, 5) is 31.6. The molecule has 4 rings (SSSR count). The highest BCUT2D eigenvalue weighted by atomic mass is 32.1. The normalized spacial score (nSPS) is 15.4. The van der Waals surface area contributed by atoms with Gasteiger partial charge in [-0.2, -0.15) is 0 Å². The van der Waals surface area contributed by atoms with Crippen LogP contribution < -0.4 is 10.3 Å². The predicted molar refractivity (Wildman–Crippen MR) is 137 cm³/mol. The van der Waals surface area contributed by atoms with Gasteiger partial charge in [0.05, 0.1) is 24.1 Å². The molecular formula is C26H31N3O5S. The molecule has 1 aromatic heterocycles. The Hall–Kier alpha value is -3.01. The second-order valence-electron chi connectivity index (χ2n) is 8.67. The minimum Gasteiger partial charge on any atom is -0.497 e. The lowest BCUT2D eigenvalue weighted by atomic mass is 10.1. The van der Waals surface area contributed by atoms with Gasteiger partial charge in [0.1, 0.15) is 5.75 Å². The van der Waals surface area contributed by atoms with Gasteiger partial charge in [0.15, 0.2) is 4.77 Å². The standard InChI is InChI=1S/C26H31N3O5S/c1-32-12-5-11-29-25(31)22-10-9-19(15-23(22)27-26(29)35)24(30)28(17-21-8-4-13-34-21)16-18-6-3-7-20(14-18)33-2/h3,6-7,9-10,14-15,21H,4-5,8,11-13,16-17H2,1-2H3,(H,27,35). The highest BCUT2D eigenvalue weighted by Gasteiger charge is 2.24. The van der Waals surface area contributed by atoms with Gasteiger partial charge in [-0.3, -0.25) is 14.2 Å². The summed E-state index contributed by atoms with van der Waals surface area (Å²) in [7, 11) is 3.25. The molecule has 1 aliphatic rings. The number of carbonyl (C=O) groups excluding carboxylic acids is 1. The summed E-state index contributed by atoms with van der Waals surface area (Å²) in [5.41, 5.74) is 1.83. The molecule has 1 amide bonds. The highest BCUT2D eigenvalue weighted by molar-refractivity contribution is 7.71. The summed E-state index contributed by atoms with van der Waals surface area (Å²) in [5.74, 6) is 0.612. The first-order valence-corrected chi connectivity index (χ1v) is 12.2. The van der Waals surface area contributed by atoms with Crippen molar-refractivity contribution in [3.8, 4) is 5.75 Å². The number of aromatic amines is 1. The number of hydrogen-bond donors (Lipinski definition) is 1. The van der Waals surface area contributed by atoms with E-state index in [-0.39, 0.29) is 17.6 Å². The third-order valence-corrected chi connectivity index (χ3v) is 6.52. The minimum atomic E-state index is -0.175. The Balaban J connectivity index is 1.63. The maximum Gasteiger partial charge on any atom is 0.262 e. The van der Waals surface area contributed by atoms with Gasteiger partial charge in [0.2, 0.25) is 0 Å². The number of aromatic nitrogens is 2. The van der Waals surface area contributed by atoms with E-state index in [9.17, 15) is 9.59 Å². The number of rotatable bonds is 10. The average molecular weight is 498 g/mol. The molecule has 0 bridgehead atoms. The minimum absolute atomic E-state index is 0.00937. The van der Waals surface area contributed by atoms with Gasteiger partial charge < -0.3 is 24.1 Å². The van der Waals surface area contributed by atoms with Crippen molar-refractivity contribution in [2.24, 2.45) is 0 Å². The van der Waals surface area contributed by atoms with Gasteiger partial charge in [-0.25, -0.2) is 0 Å². The van der Waals surface area contributed by atoms with Crippen LogP contribution in [0.15, 0.2) is 47.3 Å². The van der Waals surface area contributed by atoms with E-state index in [1.807, 2.05) is 24.3 Å². The number of methoxy groups -OCH3 is 2. The number of ether oxygens (including phenoxy) is 3. The predicted octanol–water partition coefficient (Wildman–Crippen LogP) is 3.93. The van der Waals surface area contributed by atoms with E-state index in [0.717, 1.165) is 30.8 Å². The van der Waals surface area contributed by atoms with Crippen LogP contribution in [0.4, 0.5) is 0 Å². The first-order chi connectivity index (χ1) is 17.0. The highest BCUT2D eigenvalue weighted by Crippen LogP contribution is 2.21. The number of fused-ring (bicyclic) bond motifs is 1. The fourth-order valence-corrected chi connectivity index (χ4v) is 4.67. The Kier molecular flexibility index (Phi) is 8.33. The van der Waals surface area contributed by atoms with E-state index in [0.29, 0.717) is 53.9 Å². The molecule has 1 N–H and O–H groups in total. The molecule has 1 saturated heterocycles. The monoisotopic (exact) mass is 497 g/mol. The molecule has 3 aromatic rings. The largest absolute Gasteiger partial charge is 0.497 e. The van der Waals surface area contributed by atoms with E-state index >= 15 is 0 Å². The van der Waals surface area contributed by atoms with Gasteiger partial charge in [-0.05, 0) is 67.4 Å². The van der Waals surface area contributed by atoms with Gasteiger partial charge in [-0.1, -0.05) is 12.1 Å². The zero-order valence-electron chi connectivity index (χ0n) is 20.1. The summed E-state index contributed by atoms with van der Waals surface area (Å²) in [6.07, 6.45) is 2.61. The van der Waals surface area contributed by atoms with Crippen LogP contribution >= 0.6 is 12.2 Å². The van der Waals surface area contributed by atoms with Crippen molar-refractivity contribution in [3.63, 3.8) is 0 Å². The molecule has 2 aromatic carbocycles. The summed E-state index contributed by atoms with van der Waals surface area (Å²) < 4.78 is 18.1. The van der Waals surface area contributed by atoms with Gasteiger partial charge >= 0.3 is 0 Å². The van der Waals surface area contributed by atoms with Crippen molar-refractivity contribution in [1.82, 2.24) is 14.5 Å². The number of hydrogen-bond acceptors (Lipinski definition) is 6. The molecule has 1 unspecified atom stereocenters. The van der Waals surface area contributed by atoms with Gasteiger partial charge in [0, 0.05) is 45.5 Å². The maximum atomic E-state index is 13.6. The quantitative estimate of drug-likeness (QED) is 0.338. The van der Waals surface area contributed by atoms with Crippen LogP contribution in [-0.4, -0.2) is 60.4 Å². The lowest BCUT2D eigenvalue weighted by molar-refractivity contribution is 0.0507. The Morgan fingerprint density at radius 1 is 1.26 bits per heavy atom. The van der Waals surface area contributed by atoms with Crippen molar-refractivity contribution in [1.29, 1.82) is 0 Å². The number of benzene rings is 2. The van der Waals surface area contributed by atoms with E-state index in [1.165, 1.54) is 4.57 Å². The molecule has 0 saturated carbocycles. The molecule has 2 heterocycles. The zero-order valence-corrected chi connectivity index (χ0v) is 20.9. The molecule has 186 valence electrons. The van der Waals surface area contributed by atoms with Crippen molar-refractivity contribution < 1.29 is 19.0 Å². The van der Waals surface area contributed by atoms with Crippen molar-refractivity contribution in [3.05, 3.63) is 68.7 Å². The number of amides is 1. The second kappa shape index (κ2) is 11.6. The molecule has 0 spiro atoms.